The van der Waals surface area contributed by atoms with Gasteiger partial charge in [0, 0.05) is 39.2 Å². The molecule has 1 amide bonds. The number of nitrogens with zero attached hydrogens (tertiary/aromatic N) is 2. The number of benzene rings is 3. The molecule has 0 radical (unpaired) electrons. The minimum absolute atomic E-state index is 0.0967. The molecular formula is C27H22Cl3N3O3. The van der Waals surface area contributed by atoms with Crippen molar-refractivity contribution < 1.29 is 14.7 Å². The van der Waals surface area contributed by atoms with Gasteiger partial charge in [-0.15, -0.1) is 0 Å². The van der Waals surface area contributed by atoms with Crippen molar-refractivity contribution in [3.05, 3.63) is 92.6 Å². The number of aryl methyl sites for hydroxylation is 1. The molecule has 0 fully saturated rings. The molecule has 6 nitrogen and oxygen atoms in total. The first-order valence-electron chi connectivity index (χ1n) is 11.3. The molecule has 0 aliphatic rings. The zero-order valence-electron chi connectivity index (χ0n) is 19.1. The smallest absolute Gasteiger partial charge is 0.303 e. The number of hydrogen-bond donors (Lipinski definition) is 2. The zero-order valence-corrected chi connectivity index (χ0v) is 21.4. The van der Waals surface area contributed by atoms with Gasteiger partial charge < -0.3 is 10.4 Å². The number of aliphatic carboxylic acids is 1. The lowest BCUT2D eigenvalue weighted by atomic mass is 10.0. The van der Waals surface area contributed by atoms with Crippen LogP contribution in [0.25, 0.3) is 22.3 Å². The van der Waals surface area contributed by atoms with E-state index in [1.165, 1.54) is 0 Å². The van der Waals surface area contributed by atoms with E-state index in [-0.39, 0.29) is 18.9 Å². The summed E-state index contributed by atoms with van der Waals surface area (Å²) in [7, 11) is 0. The molecule has 0 bridgehead atoms. The third-order valence-electron chi connectivity index (χ3n) is 5.55. The van der Waals surface area contributed by atoms with Gasteiger partial charge in [-0.05, 0) is 73.4 Å². The quantitative estimate of drug-likeness (QED) is 0.223. The zero-order chi connectivity index (χ0) is 25.7. The molecule has 0 saturated carbocycles. The van der Waals surface area contributed by atoms with Gasteiger partial charge in [0.25, 0.3) is 5.91 Å². The van der Waals surface area contributed by atoms with Crippen molar-refractivity contribution in [2.75, 3.05) is 0 Å². The van der Waals surface area contributed by atoms with Gasteiger partial charge in [0.05, 0.1) is 22.4 Å². The second-order valence-corrected chi connectivity index (χ2v) is 9.60. The minimum Gasteiger partial charge on any atom is -0.481 e. The van der Waals surface area contributed by atoms with Crippen LogP contribution in [0.5, 0.6) is 0 Å². The van der Waals surface area contributed by atoms with Crippen LogP contribution in [0.4, 0.5) is 0 Å². The van der Waals surface area contributed by atoms with Crippen molar-refractivity contribution in [3.63, 3.8) is 0 Å². The highest BCUT2D eigenvalue weighted by Gasteiger charge is 2.14. The van der Waals surface area contributed by atoms with E-state index in [0.717, 1.165) is 16.8 Å². The van der Waals surface area contributed by atoms with E-state index >= 15 is 0 Å². The Kier molecular flexibility index (Phi) is 8.41. The van der Waals surface area contributed by atoms with E-state index in [2.05, 4.69) is 5.32 Å². The Morgan fingerprint density at radius 2 is 1.53 bits per heavy atom. The Morgan fingerprint density at radius 1 is 0.806 bits per heavy atom. The Bertz CT molecular complexity index is 1410. The molecule has 3 aromatic carbocycles. The summed E-state index contributed by atoms with van der Waals surface area (Å²) in [4.78, 5) is 33.3. The Balaban J connectivity index is 1.60. The summed E-state index contributed by atoms with van der Waals surface area (Å²) in [6.45, 7) is 0.271. The topological polar surface area (TPSA) is 92.2 Å². The molecule has 0 aliphatic heterocycles. The third kappa shape index (κ3) is 6.72. The van der Waals surface area contributed by atoms with Gasteiger partial charge >= 0.3 is 5.97 Å². The average molecular weight is 543 g/mol. The maximum atomic E-state index is 12.8. The second-order valence-electron chi connectivity index (χ2n) is 8.29. The lowest BCUT2D eigenvalue weighted by Crippen LogP contribution is -2.22. The molecular weight excluding hydrogens is 521 g/mol. The molecule has 36 heavy (non-hydrogen) atoms. The Labute approximate surface area is 223 Å². The number of aromatic nitrogens is 2. The van der Waals surface area contributed by atoms with Gasteiger partial charge in [-0.1, -0.05) is 46.9 Å². The molecule has 9 heteroatoms. The van der Waals surface area contributed by atoms with E-state index in [9.17, 15) is 9.59 Å². The monoisotopic (exact) mass is 541 g/mol. The highest BCUT2D eigenvalue weighted by atomic mass is 35.5. The van der Waals surface area contributed by atoms with Crippen molar-refractivity contribution >= 4 is 57.7 Å². The molecule has 2 N–H and O–H groups in total. The Hall–Kier alpha value is -3.19. The number of nitrogens with one attached hydrogen (secondary N) is 1. The van der Waals surface area contributed by atoms with Crippen LogP contribution in [0.1, 0.15) is 40.9 Å². The van der Waals surface area contributed by atoms with E-state index in [1.54, 1.807) is 48.5 Å². The van der Waals surface area contributed by atoms with Crippen LogP contribution < -0.4 is 5.32 Å². The van der Waals surface area contributed by atoms with Gasteiger partial charge in [0.1, 0.15) is 0 Å². The number of carbonyl (C=O) groups excluding carboxylic acids is 1. The van der Waals surface area contributed by atoms with Crippen molar-refractivity contribution in [1.29, 1.82) is 0 Å². The highest BCUT2D eigenvalue weighted by molar-refractivity contribution is 6.34. The molecule has 0 saturated heterocycles. The Morgan fingerprint density at radius 3 is 2.22 bits per heavy atom. The first kappa shape index (κ1) is 25.9. The highest BCUT2D eigenvalue weighted by Crippen LogP contribution is 2.27. The summed E-state index contributed by atoms with van der Waals surface area (Å²) >= 11 is 18.1. The van der Waals surface area contributed by atoms with Gasteiger partial charge in [-0.2, -0.15) is 0 Å². The van der Waals surface area contributed by atoms with Crippen LogP contribution in [-0.2, 0) is 17.8 Å². The van der Waals surface area contributed by atoms with Crippen LogP contribution in [0.15, 0.2) is 60.7 Å². The number of carboxylic acids is 1. The average Bonchev–Trinajstić information content (AvgIpc) is 2.84. The molecule has 0 aliphatic carbocycles. The molecule has 1 heterocycles. The molecule has 1 aromatic heterocycles. The number of rotatable bonds is 9. The van der Waals surface area contributed by atoms with Crippen molar-refractivity contribution in [3.8, 4) is 11.3 Å². The summed E-state index contributed by atoms with van der Waals surface area (Å²) < 4.78 is 0. The second kappa shape index (κ2) is 11.7. The molecule has 4 rings (SSSR count). The number of carbonyl (C=O) groups is 2. The number of carboxylic acid groups (broad SMARTS) is 1. The van der Waals surface area contributed by atoms with Crippen molar-refractivity contribution in [2.45, 2.75) is 32.2 Å². The predicted octanol–water partition coefficient (Wildman–Crippen LogP) is 6.98. The van der Waals surface area contributed by atoms with Crippen LogP contribution >= 0.6 is 34.8 Å². The van der Waals surface area contributed by atoms with Crippen molar-refractivity contribution in [2.24, 2.45) is 0 Å². The first-order valence-corrected chi connectivity index (χ1v) is 12.4. The normalized spacial score (nSPS) is 11.0. The van der Waals surface area contributed by atoms with Crippen LogP contribution in [0.3, 0.4) is 0 Å². The fourth-order valence-electron chi connectivity index (χ4n) is 3.81. The number of amides is 1. The maximum Gasteiger partial charge on any atom is 0.303 e. The number of fused-ring (bicyclic) bond motifs is 1. The summed E-state index contributed by atoms with van der Waals surface area (Å²) in [6.07, 6.45) is 1.83. The predicted molar refractivity (Wildman–Crippen MR) is 143 cm³/mol. The number of hydrogen-bond acceptors (Lipinski definition) is 4. The number of halogens is 3. The molecule has 0 atom stereocenters. The lowest BCUT2D eigenvalue weighted by Gasteiger charge is -2.12. The van der Waals surface area contributed by atoms with Crippen LogP contribution in [0, 0.1) is 0 Å². The standard InChI is InChI=1S/C27H22Cl3N3O3/c28-19-8-5-17(6-9-19)26-23(3-1-2-4-25(34)35)32-24-13-18(7-10-22(24)33-26)27(36)31-15-16-11-20(29)14-21(30)12-16/h5-14H,1-4,15H2,(H,31,36)(H,34,35). The van der Waals surface area contributed by atoms with Gasteiger partial charge in [-0.3, -0.25) is 9.59 Å². The SMILES string of the molecule is O=C(O)CCCCc1nc2cc(C(=O)NCc3cc(Cl)cc(Cl)c3)ccc2nc1-c1ccc(Cl)cc1. The van der Waals surface area contributed by atoms with E-state index < -0.39 is 5.97 Å². The fourth-order valence-corrected chi connectivity index (χ4v) is 4.51. The molecule has 0 spiro atoms. The van der Waals surface area contributed by atoms with E-state index in [0.29, 0.717) is 56.6 Å². The summed E-state index contributed by atoms with van der Waals surface area (Å²) in [5.74, 6) is -1.09. The van der Waals surface area contributed by atoms with E-state index in [4.69, 9.17) is 49.9 Å². The fraction of sp³-hybridized carbons (Fsp3) is 0.185. The molecule has 4 aromatic rings. The third-order valence-corrected chi connectivity index (χ3v) is 6.23. The van der Waals surface area contributed by atoms with Crippen LogP contribution in [0.2, 0.25) is 15.1 Å². The summed E-state index contributed by atoms with van der Waals surface area (Å²) in [5, 5.41) is 13.4. The summed E-state index contributed by atoms with van der Waals surface area (Å²) in [5.41, 5.74) is 4.78. The first-order chi connectivity index (χ1) is 17.3. The minimum atomic E-state index is -0.826. The van der Waals surface area contributed by atoms with Gasteiger partial charge in [0.2, 0.25) is 0 Å². The lowest BCUT2D eigenvalue weighted by molar-refractivity contribution is -0.137. The molecule has 0 unspecified atom stereocenters. The largest absolute Gasteiger partial charge is 0.481 e. The van der Waals surface area contributed by atoms with Crippen molar-refractivity contribution in [1.82, 2.24) is 15.3 Å². The van der Waals surface area contributed by atoms with Gasteiger partial charge in [0.15, 0.2) is 0 Å². The van der Waals surface area contributed by atoms with Crippen LogP contribution in [-0.4, -0.2) is 27.0 Å². The summed E-state index contributed by atoms with van der Waals surface area (Å²) in [6, 6.07) is 17.6. The van der Waals surface area contributed by atoms with E-state index in [1.807, 2.05) is 12.1 Å². The maximum absolute atomic E-state index is 12.8. The number of unbranched alkanes of at least 4 members (excludes halogenated alkanes) is 1. The van der Waals surface area contributed by atoms with Gasteiger partial charge in [-0.25, -0.2) is 9.97 Å². The molecule has 184 valence electrons.